The Morgan fingerprint density at radius 2 is 1.59 bits per heavy atom. The monoisotopic (exact) mass is 406 g/mol. The second-order valence-corrected chi connectivity index (χ2v) is 8.62. The molecule has 0 spiro atoms. The number of rotatable bonds is 7. The Morgan fingerprint density at radius 1 is 1.03 bits per heavy atom. The summed E-state index contributed by atoms with van der Waals surface area (Å²) in [5.41, 5.74) is 1.98. The van der Waals surface area contributed by atoms with E-state index in [1.165, 1.54) is 0 Å². The fourth-order valence-corrected chi connectivity index (χ4v) is 3.59. The molecular weight excluding hydrogens is 372 g/mol. The first-order chi connectivity index (χ1) is 13.5. The van der Waals surface area contributed by atoms with E-state index in [4.69, 9.17) is 4.74 Å². The van der Waals surface area contributed by atoms with Crippen molar-refractivity contribution in [2.75, 3.05) is 45.9 Å². The molecule has 0 aromatic carbocycles. The molecule has 1 fully saturated rings. The van der Waals surface area contributed by atoms with Crippen molar-refractivity contribution in [3.8, 4) is 0 Å². The van der Waals surface area contributed by atoms with Gasteiger partial charge in [-0.05, 0) is 47.1 Å². The Hall–Kier alpha value is -2.19. The molecule has 1 aromatic rings. The van der Waals surface area contributed by atoms with E-state index in [-0.39, 0.29) is 23.8 Å². The van der Waals surface area contributed by atoms with Crippen LogP contribution in [0.5, 0.6) is 0 Å². The third kappa shape index (κ3) is 6.40. The van der Waals surface area contributed by atoms with Gasteiger partial charge < -0.3 is 15.0 Å². The quantitative estimate of drug-likeness (QED) is 0.527. The molecule has 0 bridgehead atoms. The lowest BCUT2D eigenvalue weighted by atomic mass is 10.1. The van der Waals surface area contributed by atoms with E-state index in [0.717, 1.165) is 26.2 Å². The van der Waals surface area contributed by atoms with E-state index in [9.17, 15) is 14.4 Å². The van der Waals surface area contributed by atoms with Crippen LogP contribution in [0.3, 0.4) is 0 Å². The molecule has 1 aliphatic heterocycles. The predicted molar refractivity (Wildman–Crippen MR) is 111 cm³/mol. The summed E-state index contributed by atoms with van der Waals surface area (Å²) in [6, 6.07) is 0. The van der Waals surface area contributed by atoms with Gasteiger partial charge in [0.15, 0.2) is 5.78 Å². The average Bonchev–Trinajstić information content (AvgIpc) is 2.89. The average molecular weight is 407 g/mol. The number of carbonyl (C=O) groups excluding carboxylic acids is 3. The summed E-state index contributed by atoms with van der Waals surface area (Å²) >= 11 is 0. The number of ketones is 1. The largest absolute Gasteiger partial charge is 0.462 e. The summed E-state index contributed by atoms with van der Waals surface area (Å²) in [4.78, 5) is 44.2. The van der Waals surface area contributed by atoms with Crippen LogP contribution in [-0.2, 0) is 9.53 Å². The molecule has 1 amide bonds. The first-order valence-electron chi connectivity index (χ1n) is 10.2. The van der Waals surface area contributed by atoms with E-state index >= 15 is 0 Å². The molecule has 0 radical (unpaired) electrons. The van der Waals surface area contributed by atoms with Crippen LogP contribution in [0.25, 0.3) is 0 Å². The highest BCUT2D eigenvalue weighted by molar-refractivity contribution is 6.02. The van der Waals surface area contributed by atoms with Crippen LogP contribution < -0.4 is 5.32 Å². The maximum Gasteiger partial charge on any atom is 0.340 e. The molecule has 29 heavy (non-hydrogen) atoms. The first kappa shape index (κ1) is 23.1. The molecule has 0 atom stereocenters. The van der Waals surface area contributed by atoms with Crippen LogP contribution >= 0.6 is 0 Å². The van der Waals surface area contributed by atoms with Crippen LogP contribution in [0.15, 0.2) is 0 Å². The highest BCUT2D eigenvalue weighted by Gasteiger charge is 2.26. The maximum absolute atomic E-state index is 12.8. The van der Waals surface area contributed by atoms with Gasteiger partial charge in [0.2, 0.25) is 5.91 Å². The number of hydrogen-bond donors (Lipinski definition) is 2. The van der Waals surface area contributed by atoms with Crippen molar-refractivity contribution in [1.82, 2.24) is 20.1 Å². The zero-order valence-electron chi connectivity index (χ0n) is 18.5. The zero-order valence-corrected chi connectivity index (χ0v) is 18.5. The normalized spacial score (nSPS) is 15.9. The van der Waals surface area contributed by atoms with Gasteiger partial charge in [-0.15, -0.1) is 0 Å². The van der Waals surface area contributed by atoms with Crippen molar-refractivity contribution in [1.29, 1.82) is 0 Å². The standard InChI is InChI=1S/C21H34N4O4/c1-7-29-20(28)18-14(2)19(22-15(18)3)16(26)12-24-8-10-25(11-9-24)13-17(27)23-21(4,5)6/h22H,7-13H2,1-6H3,(H,23,27). The number of piperazine rings is 1. The van der Waals surface area contributed by atoms with Crippen molar-refractivity contribution < 1.29 is 19.1 Å². The van der Waals surface area contributed by atoms with Gasteiger partial charge in [0.05, 0.1) is 31.0 Å². The molecule has 1 aliphatic rings. The topological polar surface area (TPSA) is 94.7 Å². The van der Waals surface area contributed by atoms with Gasteiger partial charge in [-0.25, -0.2) is 4.79 Å². The Bertz CT molecular complexity index is 755. The van der Waals surface area contributed by atoms with E-state index in [1.807, 2.05) is 20.8 Å². The summed E-state index contributed by atoms with van der Waals surface area (Å²) in [5.74, 6) is -0.425. The molecule has 2 N–H and O–H groups in total. The molecule has 2 rings (SSSR count). The van der Waals surface area contributed by atoms with Gasteiger partial charge in [0, 0.05) is 37.4 Å². The number of carbonyl (C=O) groups is 3. The third-order valence-corrected chi connectivity index (χ3v) is 4.91. The van der Waals surface area contributed by atoms with E-state index in [1.54, 1.807) is 20.8 Å². The van der Waals surface area contributed by atoms with Crippen molar-refractivity contribution in [2.24, 2.45) is 0 Å². The van der Waals surface area contributed by atoms with Gasteiger partial charge in [-0.3, -0.25) is 19.4 Å². The fourth-order valence-electron chi connectivity index (χ4n) is 3.59. The van der Waals surface area contributed by atoms with Gasteiger partial charge >= 0.3 is 5.97 Å². The molecule has 2 heterocycles. The summed E-state index contributed by atoms with van der Waals surface area (Å²) in [6.45, 7) is 15.1. The smallest absolute Gasteiger partial charge is 0.340 e. The molecule has 0 aliphatic carbocycles. The highest BCUT2D eigenvalue weighted by atomic mass is 16.5. The van der Waals surface area contributed by atoms with Crippen molar-refractivity contribution in [3.63, 3.8) is 0 Å². The fraction of sp³-hybridized carbons (Fsp3) is 0.667. The Morgan fingerprint density at radius 3 is 2.10 bits per heavy atom. The number of hydrogen-bond acceptors (Lipinski definition) is 6. The minimum atomic E-state index is -0.403. The van der Waals surface area contributed by atoms with Gasteiger partial charge in [-0.1, -0.05) is 0 Å². The summed E-state index contributed by atoms with van der Waals surface area (Å²) in [5, 5.41) is 2.97. The Labute approximate surface area is 173 Å². The number of esters is 1. The van der Waals surface area contributed by atoms with E-state index < -0.39 is 5.97 Å². The number of nitrogens with zero attached hydrogens (tertiary/aromatic N) is 2. The molecule has 8 heteroatoms. The second kappa shape index (κ2) is 9.54. The molecule has 8 nitrogen and oxygen atoms in total. The SMILES string of the molecule is CCOC(=O)c1c(C)[nH]c(C(=O)CN2CCN(CC(=O)NC(C)(C)C)CC2)c1C. The number of amides is 1. The Kier molecular flexibility index (Phi) is 7.60. The summed E-state index contributed by atoms with van der Waals surface area (Å²) in [7, 11) is 0. The lowest BCUT2D eigenvalue weighted by Crippen LogP contribution is -2.52. The number of H-pyrrole nitrogens is 1. The van der Waals surface area contributed by atoms with Crippen LogP contribution in [0, 0.1) is 13.8 Å². The highest BCUT2D eigenvalue weighted by Crippen LogP contribution is 2.20. The number of nitrogens with one attached hydrogen (secondary N) is 2. The minimum absolute atomic E-state index is 0.0195. The third-order valence-electron chi connectivity index (χ3n) is 4.91. The van der Waals surface area contributed by atoms with E-state index in [2.05, 4.69) is 20.1 Å². The molecule has 0 saturated carbocycles. The first-order valence-corrected chi connectivity index (χ1v) is 10.2. The minimum Gasteiger partial charge on any atom is -0.462 e. The van der Waals surface area contributed by atoms with Crippen LogP contribution in [0.2, 0.25) is 0 Å². The van der Waals surface area contributed by atoms with Crippen molar-refractivity contribution in [2.45, 2.75) is 47.1 Å². The second-order valence-electron chi connectivity index (χ2n) is 8.62. The van der Waals surface area contributed by atoms with Crippen molar-refractivity contribution >= 4 is 17.7 Å². The van der Waals surface area contributed by atoms with Crippen molar-refractivity contribution in [3.05, 3.63) is 22.5 Å². The van der Waals surface area contributed by atoms with Gasteiger partial charge in [0.25, 0.3) is 0 Å². The number of aromatic nitrogens is 1. The zero-order chi connectivity index (χ0) is 21.8. The Balaban J connectivity index is 1.90. The molecule has 1 aromatic heterocycles. The number of aryl methyl sites for hydroxylation is 1. The molecule has 162 valence electrons. The summed E-state index contributed by atoms with van der Waals surface area (Å²) < 4.78 is 5.09. The van der Waals surface area contributed by atoms with Crippen LogP contribution in [0.1, 0.15) is 59.8 Å². The number of ether oxygens (including phenoxy) is 1. The maximum atomic E-state index is 12.8. The number of Topliss-reactive ketones (excluding diaryl/α,β-unsaturated/α-hetero) is 1. The van der Waals surface area contributed by atoms with Gasteiger partial charge in [-0.2, -0.15) is 0 Å². The summed E-state index contributed by atoms with van der Waals surface area (Å²) in [6.07, 6.45) is 0. The number of aromatic amines is 1. The molecule has 1 saturated heterocycles. The molecular formula is C21H34N4O4. The van der Waals surface area contributed by atoms with E-state index in [0.29, 0.717) is 35.7 Å². The lowest BCUT2D eigenvalue weighted by Gasteiger charge is -2.34. The van der Waals surface area contributed by atoms with Crippen LogP contribution in [-0.4, -0.2) is 83.9 Å². The molecule has 0 unspecified atom stereocenters. The predicted octanol–water partition coefficient (Wildman–Crippen LogP) is 1.52. The lowest BCUT2D eigenvalue weighted by molar-refractivity contribution is -0.124. The van der Waals surface area contributed by atoms with Crippen LogP contribution in [0.4, 0.5) is 0 Å². The van der Waals surface area contributed by atoms with Gasteiger partial charge in [0.1, 0.15) is 0 Å².